The third kappa shape index (κ3) is 3.23. The largest absolute Gasteiger partial charge is 0.481 e. The van der Waals surface area contributed by atoms with Gasteiger partial charge in [0.15, 0.2) is 0 Å². The lowest BCUT2D eigenvalue weighted by atomic mass is 9.89. The minimum absolute atomic E-state index is 0.0538. The summed E-state index contributed by atoms with van der Waals surface area (Å²) in [5.74, 6) is -1.33. The molecular weight excluding hydrogens is 286 g/mol. The molecule has 1 aromatic carbocycles. The second-order valence-corrected chi connectivity index (χ2v) is 6.39. The molecule has 1 heterocycles. The second kappa shape index (κ2) is 6.52. The van der Waals surface area contributed by atoms with Crippen LogP contribution in [0.4, 0.5) is 0 Å². The van der Waals surface area contributed by atoms with Gasteiger partial charge < -0.3 is 10.0 Å². The van der Waals surface area contributed by atoms with Crippen molar-refractivity contribution in [2.45, 2.75) is 37.6 Å². The molecule has 114 valence electrons. The number of aryl methyl sites for hydroxylation is 1. The molecule has 0 aromatic heterocycles. The Morgan fingerprint density at radius 3 is 2.71 bits per heavy atom. The summed E-state index contributed by atoms with van der Waals surface area (Å²) in [6.07, 6.45) is 3.36. The van der Waals surface area contributed by atoms with Crippen molar-refractivity contribution in [3.8, 4) is 0 Å². The molecule has 2 rings (SSSR count). The maximum absolute atomic E-state index is 12.8. The van der Waals surface area contributed by atoms with Crippen LogP contribution in [0.25, 0.3) is 0 Å². The van der Waals surface area contributed by atoms with Crippen molar-refractivity contribution in [3.05, 3.63) is 29.3 Å². The van der Waals surface area contributed by atoms with Crippen molar-refractivity contribution in [2.24, 2.45) is 5.92 Å². The minimum Gasteiger partial charge on any atom is -0.481 e. The summed E-state index contributed by atoms with van der Waals surface area (Å²) in [5.41, 5.74) is 1.61. The number of rotatable bonds is 3. The lowest BCUT2D eigenvalue weighted by molar-refractivity contribution is -0.144. The number of carboxylic acid groups (broad SMARTS) is 1. The van der Waals surface area contributed by atoms with Gasteiger partial charge in [0.05, 0.1) is 5.92 Å². The summed E-state index contributed by atoms with van der Waals surface area (Å²) >= 11 is 1.60. The summed E-state index contributed by atoms with van der Waals surface area (Å²) in [6, 6.07) is 5.58. The van der Waals surface area contributed by atoms with Crippen molar-refractivity contribution in [1.29, 1.82) is 0 Å². The molecule has 1 amide bonds. The van der Waals surface area contributed by atoms with E-state index in [1.165, 1.54) is 0 Å². The molecule has 0 spiro atoms. The van der Waals surface area contributed by atoms with E-state index in [4.69, 9.17) is 0 Å². The van der Waals surface area contributed by atoms with Gasteiger partial charge in [-0.1, -0.05) is 6.07 Å². The van der Waals surface area contributed by atoms with Crippen molar-refractivity contribution < 1.29 is 14.7 Å². The first kappa shape index (κ1) is 15.9. The van der Waals surface area contributed by atoms with Crippen LogP contribution in [0, 0.1) is 12.8 Å². The van der Waals surface area contributed by atoms with Gasteiger partial charge in [0.25, 0.3) is 5.91 Å². The van der Waals surface area contributed by atoms with Gasteiger partial charge in [-0.3, -0.25) is 9.59 Å². The van der Waals surface area contributed by atoms with Crippen molar-refractivity contribution in [3.63, 3.8) is 0 Å². The highest BCUT2D eigenvalue weighted by molar-refractivity contribution is 7.98. The van der Waals surface area contributed by atoms with Gasteiger partial charge in [-0.15, -0.1) is 11.8 Å². The first-order valence-electron chi connectivity index (χ1n) is 7.14. The highest BCUT2D eigenvalue weighted by Gasteiger charge is 2.35. The van der Waals surface area contributed by atoms with Crippen LogP contribution in [0.2, 0.25) is 0 Å². The van der Waals surface area contributed by atoms with Crippen LogP contribution in [0.5, 0.6) is 0 Å². The Bertz CT molecular complexity index is 558. The van der Waals surface area contributed by atoms with Crippen molar-refractivity contribution in [2.75, 3.05) is 12.8 Å². The topological polar surface area (TPSA) is 57.6 Å². The number of hydrogen-bond acceptors (Lipinski definition) is 3. The summed E-state index contributed by atoms with van der Waals surface area (Å²) in [7, 11) is 0. The SMILES string of the molecule is CSc1ccc(C)c(C(=O)N2CCC[C@H](C(=O)O)[C@@H]2C)c1. The lowest BCUT2D eigenvalue weighted by Gasteiger charge is -2.37. The molecule has 1 fully saturated rings. The molecule has 0 radical (unpaired) electrons. The third-order valence-corrected chi connectivity index (χ3v) is 4.97. The molecule has 1 saturated heterocycles. The highest BCUT2D eigenvalue weighted by atomic mass is 32.2. The van der Waals surface area contributed by atoms with Gasteiger partial charge in [-0.2, -0.15) is 0 Å². The monoisotopic (exact) mass is 307 g/mol. The Morgan fingerprint density at radius 2 is 2.10 bits per heavy atom. The normalized spacial score (nSPS) is 22.1. The number of piperidine rings is 1. The van der Waals surface area contributed by atoms with Gasteiger partial charge in [0.1, 0.15) is 0 Å². The molecule has 0 unspecified atom stereocenters. The van der Waals surface area contributed by atoms with Crippen molar-refractivity contribution in [1.82, 2.24) is 4.90 Å². The zero-order chi connectivity index (χ0) is 15.6. The predicted molar refractivity (Wildman–Crippen MR) is 83.8 cm³/mol. The second-order valence-electron chi connectivity index (χ2n) is 5.51. The molecular formula is C16H21NO3S. The number of carboxylic acids is 1. The predicted octanol–water partition coefficient (Wildman–Crippen LogP) is 3.04. The van der Waals surface area contributed by atoms with E-state index in [-0.39, 0.29) is 11.9 Å². The third-order valence-electron chi connectivity index (χ3n) is 4.24. The number of carbonyl (C=O) groups excluding carboxylic acids is 1. The summed E-state index contributed by atoms with van der Waals surface area (Å²) in [6.45, 7) is 4.39. The maximum Gasteiger partial charge on any atom is 0.308 e. The number of carbonyl (C=O) groups is 2. The smallest absolute Gasteiger partial charge is 0.308 e. The number of hydrogen-bond donors (Lipinski definition) is 1. The number of nitrogens with zero attached hydrogens (tertiary/aromatic N) is 1. The molecule has 4 nitrogen and oxygen atoms in total. The van der Waals surface area contributed by atoms with E-state index in [1.54, 1.807) is 16.7 Å². The molecule has 21 heavy (non-hydrogen) atoms. The van der Waals surface area contributed by atoms with Crippen LogP contribution in [0.15, 0.2) is 23.1 Å². The fourth-order valence-corrected chi connectivity index (χ4v) is 3.31. The van der Waals surface area contributed by atoms with Crippen LogP contribution >= 0.6 is 11.8 Å². The van der Waals surface area contributed by atoms with E-state index < -0.39 is 11.9 Å². The zero-order valence-electron chi connectivity index (χ0n) is 12.6. The average molecular weight is 307 g/mol. The first-order chi connectivity index (χ1) is 9.95. The Morgan fingerprint density at radius 1 is 1.38 bits per heavy atom. The van der Waals surface area contributed by atoms with Crippen molar-refractivity contribution >= 4 is 23.6 Å². The number of aliphatic carboxylic acids is 1. The summed E-state index contributed by atoms with van der Waals surface area (Å²) < 4.78 is 0. The minimum atomic E-state index is -0.811. The number of amides is 1. The molecule has 1 N–H and O–H groups in total. The quantitative estimate of drug-likeness (QED) is 0.872. The molecule has 1 aliphatic heterocycles. The van der Waals surface area contributed by atoms with E-state index in [0.717, 1.165) is 16.9 Å². The molecule has 1 aliphatic rings. The van der Waals surface area contributed by atoms with E-state index in [1.807, 2.05) is 38.3 Å². The van der Waals surface area contributed by atoms with E-state index in [9.17, 15) is 14.7 Å². The van der Waals surface area contributed by atoms with Gasteiger partial charge in [0, 0.05) is 23.0 Å². The first-order valence-corrected chi connectivity index (χ1v) is 8.36. The van der Waals surface area contributed by atoms with E-state index >= 15 is 0 Å². The van der Waals surface area contributed by atoms with Gasteiger partial charge >= 0.3 is 5.97 Å². The Labute approximate surface area is 129 Å². The number of likely N-dealkylation sites (tertiary alicyclic amines) is 1. The molecule has 0 bridgehead atoms. The van der Waals surface area contributed by atoms with Crippen LogP contribution in [0.1, 0.15) is 35.7 Å². The average Bonchev–Trinajstić information content (AvgIpc) is 2.47. The van der Waals surface area contributed by atoms with Crippen LogP contribution in [-0.4, -0.2) is 40.7 Å². The van der Waals surface area contributed by atoms with E-state index in [0.29, 0.717) is 18.5 Å². The summed E-state index contributed by atoms with van der Waals surface area (Å²) in [5, 5.41) is 9.27. The Kier molecular flexibility index (Phi) is 4.93. The molecule has 0 aliphatic carbocycles. The standard InChI is InChI=1S/C16H21NO3S/c1-10-6-7-12(21-3)9-14(10)15(18)17-8-4-5-13(11(17)2)16(19)20/h6-7,9,11,13H,4-5,8H2,1-3H3,(H,19,20)/t11-,13-/m0/s1. The number of benzene rings is 1. The maximum atomic E-state index is 12.8. The zero-order valence-corrected chi connectivity index (χ0v) is 13.4. The fourth-order valence-electron chi connectivity index (χ4n) is 2.87. The summed E-state index contributed by atoms with van der Waals surface area (Å²) in [4.78, 5) is 26.8. The van der Waals surface area contributed by atoms with Crippen LogP contribution < -0.4 is 0 Å². The Balaban J connectivity index is 2.28. The molecule has 5 heteroatoms. The lowest BCUT2D eigenvalue weighted by Crippen LogP contribution is -2.49. The van der Waals surface area contributed by atoms with E-state index in [2.05, 4.69) is 0 Å². The van der Waals surface area contributed by atoms with Crippen LogP contribution in [-0.2, 0) is 4.79 Å². The molecule has 2 atom stereocenters. The molecule has 0 saturated carbocycles. The number of thioether (sulfide) groups is 1. The highest BCUT2D eigenvalue weighted by Crippen LogP contribution is 2.27. The van der Waals surface area contributed by atoms with Gasteiger partial charge in [0.2, 0.25) is 0 Å². The molecule has 1 aromatic rings. The van der Waals surface area contributed by atoms with Gasteiger partial charge in [-0.25, -0.2) is 0 Å². The van der Waals surface area contributed by atoms with Crippen LogP contribution in [0.3, 0.4) is 0 Å². The fraction of sp³-hybridized carbons (Fsp3) is 0.500. The Hall–Kier alpha value is -1.49. The van der Waals surface area contributed by atoms with Gasteiger partial charge in [-0.05, 0) is 50.6 Å².